The summed E-state index contributed by atoms with van der Waals surface area (Å²) in [6.07, 6.45) is 0.659. The summed E-state index contributed by atoms with van der Waals surface area (Å²) in [5.41, 5.74) is 2.20. The Morgan fingerprint density at radius 2 is 1.96 bits per heavy atom. The number of aryl methyl sites for hydroxylation is 1. The van der Waals surface area contributed by atoms with Crippen LogP contribution in [0.3, 0.4) is 0 Å². The van der Waals surface area contributed by atoms with Crippen molar-refractivity contribution in [3.8, 4) is 11.5 Å². The zero-order chi connectivity index (χ0) is 16.6. The van der Waals surface area contributed by atoms with E-state index in [-0.39, 0.29) is 6.04 Å². The number of likely N-dealkylation sites (tertiary alicyclic amines) is 1. The van der Waals surface area contributed by atoms with Gasteiger partial charge in [0, 0.05) is 19.1 Å². The van der Waals surface area contributed by atoms with Crippen LogP contribution < -0.4 is 9.47 Å². The molecule has 0 bridgehead atoms. The topological polar surface area (TPSA) is 62.2 Å². The van der Waals surface area contributed by atoms with E-state index in [1.54, 1.807) is 0 Å². The summed E-state index contributed by atoms with van der Waals surface area (Å²) in [6.45, 7) is 4.54. The van der Waals surface area contributed by atoms with Crippen LogP contribution in [-0.4, -0.2) is 66.8 Å². The van der Waals surface area contributed by atoms with Crippen LogP contribution in [0.1, 0.15) is 17.5 Å². The van der Waals surface area contributed by atoms with E-state index in [0.29, 0.717) is 26.2 Å². The van der Waals surface area contributed by atoms with Crippen molar-refractivity contribution < 1.29 is 19.4 Å². The maximum Gasteiger partial charge on any atom is 0.320 e. The molecule has 6 nitrogen and oxygen atoms in total. The number of carbonyl (C=O) groups is 1. The third kappa shape index (κ3) is 3.28. The van der Waals surface area contributed by atoms with Crippen LogP contribution >= 0.6 is 0 Å². The molecule has 0 aromatic heterocycles. The van der Waals surface area contributed by atoms with E-state index in [1.165, 1.54) is 0 Å². The Morgan fingerprint density at radius 1 is 1.30 bits per heavy atom. The van der Waals surface area contributed by atoms with Crippen molar-refractivity contribution in [1.82, 2.24) is 9.80 Å². The van der Waals surface area contributed by atoms with Crippen LogP contribution in [0.15, 0.2) is 12.1 Å². The van der Waals surface area contributed by atoms with Crippen molar-refractivity contribution in [3.05, 3.63) is 23.3 Å². The Hall–Kier alpha value is -1.79. The predicted molar refractivity (Wildman–Crippen MR) is 86.1 cm³/mol. The van der Waals surface area contributed by atoms with Crippen LogP contribution in [-0.2, 0) is 11.3 Å². The van der Waals surface area contributed by atoms with Gasteiger partial charge in [0.2, 0.25) is 0 Å². The van der Waals surface area contributed by atoms with Crippen molar-refractivity contribution in [3.63, 3.8) is 0 Å². The number of hydrogen-bond acceptors (Lipinski definition) is 5. The van der Waals surface area contributed by atoms with Gasteiger partial charge in [-0.2, -0.15) is 0 Å². The smallest absolute Gasteiger partial charge is 0.320 e. The van der Waals surface area contributed by atoms with E-state index in [4.69, 9.17) is 9.47 Å². The van der Waals surface area contributed by atoms with Gasteiger partial charge in [-0.15, -0.1) is 0 Å². The minimum atomic E-state index is -0.746. The molecule has 6 heteroatoms. The highest BCUT2D eigenvalue weighted by atomic mass is 16.6. The lowest BCUT2D eigenvalue weighted by atomic mass is 10.1. The maximum atomic E-state index is 11.6. The standard InChI is InChI=1S/C17H24N2O4/c1-11-6-15-16(23-5-4-22-15)7-12(11)9-19-10-13(18(2)3)8-14(19)17(20)21/h6-7,13-14H,4-5,8-10H2,1-3H3,(H,20,21)/t13-,14+/m1/s1. The van der Waals surface area contributed by atoms with Gasteiger partial charge in [-0.3, -0.25) is 9.69 Å². The lowest BCUT2D eigenvalue weighted by Crippen LogP contribution is -2.36. The quantitative estimate of drug-likeness (QED) is 0.904. The number of nitrogens with zero attached hydrogens (tertiary/aromatic N) is 2. The maximum absolute atomic E-state index is 11.6. The second kappa shape index (κ2) is 6.37. The second-order valence-corrected chi connectivity index (χ2v) is 6.56. The molecule has 2 heterocycles. The molecular formula is C17H24N2O4. The molecule has 1 N–H and O–H groups in total. The molecule has 0 unspecified atom stereocenters. The number of fused-ring (bicyclic) bond motifs is 1. The molecule has 1 aromatic carbocycles. The zero-order valence-corrected chi connectivity index (χ0v) is 13.9. The minimum absolute atomic E-state index is 0.272. The number of carboxylic acid groups (broad SMARTS) is 1. The number of likely N-dealkylation sites (N-methyl/N-ethyl adjacent to an activating group) is 1. The second-order valence-electron chi connectivity index (χ2n) is 6.56. The highest BCUT2D eigenvalue weighted by Crippen LogP contribution is 2.34. The Kier molecular flexibility index (Phi) is 4.46. The number of benzene rings is 1. The van der Waals surface area contributed by atoms with E-state index in [2.05, 4.69) is 4.90 Å². The van der Waals surface area contributed by atoms with Gasteiger partial charge in [-0.25, -0.2) is 0 Å². The fraction of sp³-hybridized carbons (Fsp3) is 0.588. The van der Waals surface area contributed by atoms with Crippen molar-refractivity contribution in [2.45, 2.75) is 32.0 Å². The molecule has 0 spiro atoms. The average molecular weight is 320 g/mol. The summed E-state index contributed by atoms with van der Waals surface area (Å²) in [5.74, 6) is 0.788. The van der Waals surface area contributed by atoms with E-state index in [0.717, 1.165) is 29.2 Å². The third-order valence-corrected chi connectivity index (χ3v) is 4.77. The molecule has 0 aliphatic carbocycles. The van der Waals surface area contributed by atoms with Gasteiger partial charge in [-0.05, 0) is 50.7 Å². The fourth-order valence-electron chi connectivity index (χ4n) is 3.31. The average Bonchev–Trinajstić information content (AvgIpc) is 2.92. The molecule has 0 amide bonds. The first-order valence-corrected chi connectivity index (χ1v) is 7.98. The van der Waals surface area contributed by atoms with Crippen LogP contribution in [0, 0.1) is 6.92 Å². The summed E-state index contributed by atoms with van der Waals surface area (Å²) in [5, 5.41) is 9.52. The fourth-order valence-corrected chi connectivity index (χ4v) is 3.31. The van der Waals surface area contributed by atoms with Crippen molar-refractivity contribution in [2.24, 2.45) is 0 Å². The summed E-state index contributed by atoms with van der Waals surface area (Å²) in [7, 11) is 4.00. The highest BCUT2D eigenvalue weighted by molar-refractivity contribution is 5.74. The van der Waals surface area contributed by atoms with Gasteiger partial charge in [0.1, 0.15) is 19.3 Å². The number of ether oxygens (including phenoxy) is 2. The van der Waals surface area contributed by atoms with E-state index >= 15 is 0 Å². The first-order valence-electron chi connectivity index (χ1n) is 7.98. The molecule has 1 aromatic rings. The molecule has 126 valence electrons. The molecule has 3 rings (SSSR count). The summed E-state index contributed by atoms with van der Waals surface area (Å²) < 4.78 is 11.2. The van der Waals surface area contributed by atoms with E-state index < -0.39 is 12.0 Å². The molecule has 0 saturated carbocycles. The van der Waals surface area contributed by atoms with Crippen LogP contribution in [0.2, 0.25) is 0 Å². The monoisotopic (exact) mass is 320 g/mol. The van der Waals surface area contributed by atoms with Crippen molar-refractivity contribution in [1.29, 1.82) is 0 Å². The van der Waals surface area contributed by atoms with Crippen LogP contribution in [0.25, 0.3) is 0 Å². The van der Waals surface area contributed by atoms with Crippen LogP contribution in [0.5, 0.6) is 11.5 Å². The summed E-state index contributed by atoms with van der Waals surface area (Å²) >= 11 is 0. The van der Waals surface area contributed by atoms with Gasteiger partial charge in [0.15, 0.2) is 11.5 Å². The Bertz CT molecular complexity index is 603. The molecule has 2 aliphatic rings. The Labute approximate surface area is 136 Å². The number of hydrogen-bond donors (Lipinski definition) is 1. The third-order valence-electron chi connectivity index (χ3n) is 4.77. The van der Waals surface area contributed by atoms with Gasteiger partial charge < -0.3 is 19.5 Å². The zero-order valence-electron chi connectivity index (χ0n) is 13.9. The SMILES string of the molecule is Cc1cc2c(cc1CN1C[C@H](N(C)C)C[C@H]1C(=O)O)OCCO2. The van der Waals surface area contributed by atoms with Gasteiger partial charge in [-0.1, -0.05) is 0 Å². The van der Waals surface area contributed by atoms with Gasteiger partial charge >= 0.3 is 5.97 Å². The first-order chi connectivity index (χ1) is 11.0. The van der Waals surface area contributed by atoms with Gasteiger partial charge in [0.05, 0.1) is 0 Å². The van der Waals surface area contributed by atoms with Crippen LogP contribution in [0.4, 0.5) is 0 Å². The number of carboxylic acids is 1. The number of aliphatic carboxylic acids is 1. The Morgan fingerprint density at radius 3 is 2.57 bits per heavy atom. The predicted octanol–water partition coefficient (Wildman–Crippen LogP) is 1.36. The first kappa shape index (κ1) is 16.1. The highest BCUT2D eigenvalue weighted by Gasteiger charge is 2.37. The minimum Gasteiger partial charge on any atom is -0.486 e. The van der Waals surface area contributed by atoms with Crippen molar-refractivity contribution in [2.75, 3.05) is 33.9 Å². The molecule has 0 radical (unpaired) electrons. The van der Waals surface area contributed by atoms with E-state index in [1.807, 2.05) is 38.1 Å². The normalized spacial score (nSPS) is 24.2. The number of rotatable bonds is 4. The summed E-state index contributed by atoms with van der Waals surface area (Å²) in [4.78, 5) is 15.7. The molecule has 1 saturated heterocycles. The molecule has 1 fully saturated rings. The van der Waals surface area contributed by atoms with Crippen molar-refractivity contribution >= 4 is 5.97 Å². The largest absolute Gasteiger partial charge is 0.486 e. The molecule has 23 heavy (non-hydrogen) atoms. The lowest BCUT2D eigenvalue weighted by Gasteiger charge is -2.25. The van der Waals surface area contributed by atoms with Gasteiger partial charge in [0.25, 0.3) is 0 Å². The lowest BCUT2D eigenvalue weighted by molar-refractivity contribution is -0.142. The van der Waals surface area contributed by atoms with E-state index in [9.17, 15) is 9.90 Å². The molecule has 2 atom stereocenters. The molecular weight excluding hydrogens is 296 g/mol. The Balaban J connectivity index is 1.81. The summed E-state index contributed by atoms with van der Waals surface area (Å²) in [6, 6.07) is 3.81. The molecule has 2 aliphatic heterocycles.